The molecule has 0 aromatic heterocycles. The molecule has 5 unspecified atom stereocenters. The number of ether oxygens (including phenoxy) is 1. The zero-order valence-electron chi connectivity index (χ0n) is 11.8. The standard InChI is InChI=1S/C14H23NO4/c1-8-6-10(11(7-8)13(17)18)12(16)15-14(3)4-5-19-9(14)2/h8-11H,4-7H2,1-3H3,(H,15,16)(H,17,18). The maximum Gasteiger partial charge on any atom is 0.307 e. The van der Waals surface area contributed by atoms with Crippen molar-refractivity contribution in [3.8, 4) is 0 Å². The first-order valence-electron chi connectivity index (χ1n) is 7.00. The van der Waals surface area contributed by atoms with E-state index in [4.69, 9.17) is 4.74 Å². The predicted octanol–water partition coefficient (Wildman–Crippen LogP) is 1.42. The number of hydrogen-bond donors (Lipinski definition) is 2. The summed E-state index contributed by atoms with van der Waals surface area (Å²) in [6.07, 6.45) is 2.00. The van der Waals surface area contributed by atoms with E-state index in [-0.39, 0.29) is 17.6 Å². The van der Waals surface area contributed by atoms with Crippen LogP contribution < -0.4 is 5.32 Å². The Balaban J connectivity index is 2.05. The SMILES string of the molecule is CC1CC(C(=O)O)C(C(=O)NC2(C)CCOC2C)C1. The second-order valence-corrected chi connectivity index (χ2v) is 6.30. The molecule has 108 valence electrons. The van der Waals surface area contributed by atoms with Crippen molar-refractivity contribution in [3.63, 3.8) is 0 Å². The molecule has 0 radical (unpaired) electrons. The lowest BCUT2D eigenvalue weighted by molar-refractivity contribution is -0.146. The van der Waals surface area contributed by atoms with Gasteiger partial charge >= 0.3 is 5.97 Å². The smallest absolute Gasteiger partial charge is 0.307 e. The van der Waals surface area contributed by atoms with Crippen molar-refractivity contribution in [2.24, 2.45) is 17.8 Å². The summed E-state index contributed by atoms with van der Waals surface area (Å²) in [7, 11) is 0. The maximum absolute atomic E-state index is 12.4. The van der Waals surface area contributed by atoms with Crippen LogP contribution in [0, 0.1) is 17.8 Å². The largest absolute Gasteiger partial charge is 0.481 e. The highest BCUT2D eigenvalue weighted by Gasteiger charge is 2.45. The Morgan fingerprint density at radius 2 is 1.89 bits per heavy atom. The van der Waals surface area contributed by atoms with Gasteiger partial charge in [0.1, 0.15) is 0 Å². The Morgan fingerprint density at radius 3 is 2.42 bits per heavy atom. The average Bonchev–Trinajstić information content (AvgIpc) is 2.84. The monoisotopic (exact) mass is 269 g/mol. The number of carboxylic acid groups (broad SMARTS) is 1. The molecule has 2 rings (SSSR count). The van der Waals surface area contributed by atoms with Gasteiger partial charge in [0, 0.05) is 6.61 Å². The summed E-state index contributed by atoms with van der Waals surface area (Å²) in [6.45, 7) is 6.56. The molecule has 1 saturated heterocycles. The van der Waals surface area contributed by atoms with E-state index in [0.717, 1.165) is 6.42 Å². The molecule has 0 spiro atoms. The fraction of sp³-hybridized carbons (Fsp3) is 0.857. The van der Waals surface area contributed by atoms with E-state index in [9.17, 15) is 14.7 Å². The average molecular weight is 269 g/mol. The van der Waals surface area contributed by atoms with Crippen LogP contribution in [0.3, 0.4) is 0 Å². The fourth-order valence-electron chi connectivity index (χ4n) is 3.23. The third-order valence-electron chi connectivity index (χ3n) is 4.75. The molecule has 0 aromatic rings. The first-order valence-corrected chi connectivity index (χ1v) is 7.00. The van der Waals surface area contributed by atoms with Crippen LogP contribution in [-0.4, -0.2) is 35.2 Å². The molecule has 5 heteroatoms. The van der Waals surface area contributed by atoms with Gasteiger partial charge in [-0.25, -0.2) is 0 Å². The van der Waals surface area contributed by atoms with Crippen LogP contribution in [0.1, 0.15) is 40.0 Å². The van der Waals surface area contributed by atoms with Crippen molar-refractivity contribution >= 4 is 11.9 Å². The molecular formula is C14H23NO4. The molecule has 1 aliphatic carbocycles. The van der Waals surface area contributed by atoms with Gasteiger partial charge in [0.05, 0.1) is 23.5 Å². The summed E-state index contributed by atoms with van der Waals surface area (Å²) in [5, 5.41) is 12.2. The van der Waals surface area contributed by atoms with Crippen LogP contribution in [0.2, 0.25) is 0 Å². The highest BCUT2D eigenvalue weighted by Crippen LogP contribution is 2.37. The van der Waals surface area contributed by atoms with Crippen LogP contribution in [0.5, 0.6) is 0 Å². The van der Waals surface area contributed by atoms with E-state index in [1.165, 1.54) is 0 Å². The molecule has 2 N–H and O–H groups in total. The quantitative estimate of drug-likeness (QED) is 0.812. The van der Waals surface area contributed by atoms with Crippen molar-refractivity contribution in [2.75, 3.05) is 6.61 Å². The van der Waals surface area contributed by atoms with Crippen molar-refractivity contribution in [1.82, 2.24) is 5.32 Å². The molecule has 0 aromatic carbocycles. The molecule has 5 nitrogen and oxygen atoms in total. The minimum absolute atomic E-state index is 0.0291. The molecule has 2 aliphatic rings. The highest BCUT2D eigenvalue weighted by molar-refractivity contribution is 5.85. The van der Waals surface area contributed by atoms with Gasteiger partial charge in [-0.15, -0.1) is 0 Å². The molecular weight excluding hydrogens is 246 g/mol. The number of rotatable bonds is 3. The summed E-state index contributed by atoms with van der Waals surface area (Å²) < 4.78 is 5.50. The molecule has 1 heterocycles. The van der Waals surface area contributed by atoms with Gasteiger partial charge in [0.15, 0.2) is 0 Å². The lowest BCUT2D eigenvalue weighted by Crippen LogP contribution is -2.53. The van der Waals surface area contributed by atoms with Gasteiger partial charge in [-0.2, -0.15) is 0 Å². The summed E-state index contributed by atoms with van der Waals surface area (Å²) in [5.74, 6) is -1.64. The number of amides is 1. The van der Waals surface area contributed by atoms with Gasteiger partial charge < -0.3 is 15.2 Å². The summed E-state index contributed by atoms with van der Waals surface area (Å²) >= 11 is 0. The van der Waals surface area contributed by atoms with Crippen molar-refractivity contribution < 1.29 is 19.4 Å². The summed E-state index contributed by atoms with van der Waals surface area (Å²) in [5.41, 5.74) is -0.369. The third kappa shape index (κ3) is 2.76. The van der Waals surface area contributed by atoms with Crippen molar-refractivity contribution in [3.05, 3.63) is 0 Å². The predicted molar refractivity (Wildman–Crippen MR) is 69.6 cm³/mol. The zero-order valence-corrected chi connectivity index (χ0v) is 11.8. The molecule has 1 amide bonds. The van der Waals surface area contributed by atoms with Crippen LogP contribution in [0.4, 0.5) is 0 Å². The lowest BCUT2D eigenvalue weighted by Gasteiger charge is -2.31. The zero-order chi connectivity index (χ0) is 14.2. The molecule has 0 bridgehead atoms. The molecule has 19 heavy (non-hydrogen) atoms. The number of aliphatic carboxylic acids is 1. The minimum atomic E-state index is -0.856. The Morgan fingerprint density at radius 1 is 1.26 bits per heavy atom. The van der Waals surface area contributed by atoms with Crippen LogP contribution >= 0.6 is 0 Å². The Labute approximate surface area is 113 Å². The Bertz CT molecular complexity index is 384. The van der Waals surface area contributed by atoms with Gasteiger partial charge in [-0.1, -0.05) is 6.92 Å². The van der Waals surface area contributed by atoms with E-state index in [0.29, 0.717) is 25.4 Å². The molecule has 1 aliphatic heterocycles. The van der Waals surface area contributed by atoms with Crippen LogP contribution in [-0.2, 0) is 14.3 Å². The number of carbonyl (C=O) groups is 2. The number of carbonyl (C=O) groups excluding carboxylic acids is 1. The van der Waals surface area contributed by atoms with Crippen LogP contribution in [0.25, 0.3) is 0 Å². The maximum atomic E-state index is 12.4. The first-order chi connectivity index (χ1) is 8.83. The number of carboxylic acids is 1. The van der Waals surface area contributed by atoms with Gasteiger partial charge in [0.25, 0.3) is 0 Å². The van der Waals surface area contributed by atoms with E-state index < -0.39 is 17.8 Å². The van der Waals surface area contributed by atoms with Gasteiger partial charge in [0.2, 0.25) is 5.91 Å². The first kappa shape index (κ1) is 14.3. The normalized spacial score (nSPS) is 42.3. The lowest BCUT2D eigenvalue weighted by atomic mass is 9.90. The second-order valence-electron chi connectivity index (χ2n) is 6.30. The third-order valence-corrected chi connectivity index (χ3v) is 4.75. The number of hydrogen-bond acceptors (Lipinski definition) is 3. The number of nitrogens with one attached hydrogen (secondary N) is 1. The Kier molecular flexibility index (Phi) is 3.85. The van der Waals surface area contributed by atoms with E-state index >= 15 is 0 Å². The topological polar surface area (TPSA) is 75.6 Å². The van der Waals surface area contributed by atoms with Crippen molar-refractivity contribution in [1.29, 1.82) is 0 Å². The molecule has 1 saturated carbocycles. The van der Waals surface area contributed by atoms with Crippen molar-refractivity contribution in [2.45, 2.75) is 51.7 Å². The Hall–Kier alpha value is -1.10. The second kappa shape index (κ2) is 5.12. The fourth-order valence-corrected chi connectivity index (χ4v) is 3.23. The van der Waals surface area contributed by atoms with Crippen LogP contribution in [0.15, 0.2) is 0 Å². The summed E-state index contributed by atoms with van der Waals surface area (Å²) in [6, 6.07) is 0. The minimum Gasteiger partial charge on any atom is -0.481 e. The summed E-state index contributed by atoms with van der Waals surface area (Å²) in [4.78, 5) is 23.6. The van der Waals surface area contributed by atoms with E-state index in [2.05, 4.69) is 5.32 Å². The highest BCUT2D eigenvalue weighted by atomic mass is 16.5. The molecule has 2 fully saturated rings. The van der Waals surface area contributed by atoms with E-state index in [1.54, 1.807) is 0 Å². The molecule has 5 atom stereocenters. The van der Waals surface area contributed by atoms with Gasteiger partial charge in [-0.3, -0.25) is 9.59 Å². The van der Waals surface area contributed by atoms with E-state index in [1.807, 2.05) is 20.8 Å². The van der Waals surface area contributed by atoms with Gasteiger partial charge in [-0.05, 0) is 39.0 Å².